The number of benzene rings is 1. The Kier molecular flexibility index (Phi) is 5.33. The first-order chi connectivity index (χ1) is 15.9. The van der Waals surface area contributed by atoms with Gasteiger partial charge in [-0.2, -0.15) is 5.10 Å². The van der Waals surface area contributed by atoms with E-state index in [2.05, 4.69) is 21.2 Å². The molecule has 5 rings (SSSR count). The summed E-state index contributed by atoms with van der Waals surface area (Å²) in [6, 6.07) is 10.4. The minimum atomic E-state index is -0.992. The molecule has 9 nitrogen and oxygen atoms in total. The Balaban J connectivity index is 1.26. The molecule has 2 aliphatic rings. The average molecular weight is 447 g/mol. The number of aromatic carboxylic acids is 1. The fraction of sp³-hybridized carbons (Fsp3) is 0.333. The van der Waals surface area contributed by atoms with E-state index in [1.54, 1.807) is 23.2 Å². The highest BCUT2D eigenvalue weighted by Crippen LogP contribution is 2.36. The molecule has 170 valence electrons. The second-order valence-electron chi connectivity index (χ2n) is 8.70. The van der Waals surface area contributed by atoms with Gasteiger partial charge >= 0.3 is 12.1 Å². The van der Waals surface area contributed by atoms with Crippen LogP contribution in [0.1, 0.15) is 34.6 Å². The summed E-state index contributed by atoms with van der Waals surface area (Å²) >= 11 is 0. The number of carboxylic acid groups (broad SMARTS) is 1. The maximum Gasteiger partial charge on any atom is 0.415 e. The summed E-state index contributed by atoms with van der Waals surface area (Å²) in [5, 5.41) is 16.0. The van der Waals surface area contributed by atoms with Gasteiger partial charge in [0, 0.05) is 61.2 Å². The third kappa shape index (κ3) is 4.19. The number of hydrogen-bond donors (Lipinski definition) is 2. The molecule has 4 heterocycles. The van der Waals surface area contributed by atoms with Crippen LogP contribution in [0.25, 0.3) is 11.1 Å². The van der Waals surface area contributed by atoms with Gasteiger partial charge in [-0.3, -0.25) is 19.9 Å². The number of hydrogen-bond acceptors (Lipinski definition) is 6. The predicted molar refractivity (Wildman–Crippen MR) is 121 cm³/mol. The summed E-state index contributed by atoms with van der Waals surface area (Å²) in [7, 11) is 0. The summed E-state index contributed by atoms with van der Waals surface area (Å²) in [5.74, 6) is -0.992. The molecule has 2 aromatic heterocycles. The molecule has 0 atom stereocenters. The summed E-state index contributed by atoms with van der Waals surface area (Å²) < 4.78 is 5.85. The van der Waals surface area contributed by atoms with E-state index in [0.717, 1.165) is 48.4 Å². The third-order valence-electron chi connectivity index (χ3n) is 6.46. The Morgan fingerprint density at radius 1 is 1.18 bits per heavy atom. The molecular weight excluding hydrogens is 422 g/mol. The van der Waals surface area contributed by atoms with E-state index in [9.17, 15) is 9.59 Å². The first-order valence-electron chi connectivity index (χ1n) is 10.9. The number of amides is 1. The summed E-state index contributed by atoms with van der Waals surface area (Å²) in [5.41, 5.74) is 4.38. The highest BCUT2D eigenvalue weighted by Gasteiger charge is 2.47. The van der Waals surface area contributed by atoms with Gasteiger partial charge in [0.15, 0.2) is 0 Å². The van der Waals surface area contributed by atoms with Crippen LogP contribution < -0.4 is 4.90 Å². The number of anilines is 1. The van der Waals surface area contributed by atoms with Gasteiger partial charge in [0.25, 0.3) is 0 Å². The zero-order chi connectivity index (χ0) is 23.0. The number of nitrogens with one attached hydrogen (secondary N) is 1. The maximum absolute atomic E-state index is 12.6. The maximum atomic E-state index is 12.6. The largest absolute Gasteiger partial charge is 0.478 e. The van der Waals surface area contributed by atoms with Gasteiger partial charge in [0.1, 0.15) is 5.60 Å². The molecule has 0 aliphatic carbocycles. The number of carbonyl (C=O) groups is 2. The lowest BCUT2D eigenvalue weighted by Crippen LogP contribution is -2.46. The molecule has 2 saturated heterocycles. The predicted octanol–water partition coefficient (Wildman–Crippen LogP) is 3.47. The second kappa shape index (κ2) is 8.32. The van der Waals surface area contributed by atoms with Crippen LogP contribution in [0.4, 0.5) is 10.5 Å². The van der Waals surface area contributed by atoms with Gasteiger partial charge in [-0.15, -0.1) is 0 Å². The SMILES string of the molecule is Cc1ccc(-c2cn[nH]c2)c(CN2CCC3(CC2)CN(c2ccc(C(=O)O)cc2)C(=O)O3)n1. The van der Waals surface area contributed by atoms with Gasteiger partial charge < -0.3 is 9.84 Å². The number of aryl methyl sites for hydroxylation is 1. The van der Waals surface area contributed by atoms with Crippen LogP contribution in [0.15, 0.2) is 48.8 Å². The highest BCUT2D eigenvalue weighted by molar-refractivity contribution is 5.92. The zero-order valence-electron chi connectivity index (χ0n) is 18.3. The lowest BCUT2D eigenvalue weighted by Gasteiger charge is -2.37. The Labute approximate surface area is 191 Å². The van der Waals surface area contributed by atoms with Crippen LogP contribution in [0.2, 0.25) is 0 Å². The van der Waals surface area contributed by atoms with Crippen molar-refractivity contribution < 1.29 is 19.4 Å². The van der Waals surface area contributed by atoms with Crippen molar-refractivity contribution in [3.63, 3.8) is 0 Å². The summed E-state index contributed by atoms with van der Waals surface area (Å²) in [6.45, 7) is 4.75. The Bertz CT molecular complexity index is 1170. The molecular formula is C24H25N5O4. The molecule has 2 aliphatic heterocycles. The van der Waals surface area contributed by atoms with Gasteiger partial charge in [-0.25, -0.2) is 9.59 Å². The van der Waals surface area contributed by atoms with Crippen LogP contribution >= 0.6 is 0 Å². The lowest BCUT2D eigenvalue weighted by atomic mass is 9.91. The van der Waals surface area contributed by atoms with E-state index in [1.807, 2.05) is 19.2 Å². The standard InChI is InChI=1S/C24H25N5O4/c1-16-2-7-20(18-12-25-26-13-18)21(27-16)14-28-10-8-24(9-11-28)15-29(23(32)33-24)19-5-3-17(4-6-19)22(30)31/h2-7,12-13H,8-11,14-15H2,1H3,(H,25,26)(H,30,31). The normalized spacial score (nSPS) is 18.0. The molecule has 3 aromatic rings. The quantitative estimate of drug-likeness (QED) is 0.616. The van der Waals surface area contributed by atoms with E-state index in [-0.39, 0.29) is 11.7 Å². The molecule has 0 bridgehead atoms. The molecule has 1 spiro atoms. The van der Waals surface area contributed by atoms with Crippen molar-refractivity contribution in [2.45, 2.75) is 31.9 Å². The van der Waals surface area contributed by atoms with E-state index in [1.165, 1.54) is 12.1 Å². The molecule has 1 amide bonds. The number of aromatic nitrogens is 3. The molecule has 2 fully saturated rings. The number of piperidine rings is 1. The van der Waals surface area contributed by atoms with Crippen molar-refractivity contribution in [1.29, 1.82) is 0 Å². The van der Waals surface area contributed by atoms with Gasteiger partial charge in [-0.05, 0) is 37.3 Å². The Morgan fingerprint density at radius 2 is 1.94 bits per heavy atom. The van der Waals surface area contributed by atoms with Crippen LogP contribution in [-0.2, 0) is 11.3 Å². The smallest absolute Gasteiger partial charge is 0.415 e. The van der Waals surface area contributed by atoms with Crippen LogP contribution in [0.3, 0.4) is 0 Å². The number of likely N-dealkylation sites (tertiary alicyclic amines) is 1. The van der Waals surface area contributed by atoms with Crippen LogP contribution in [0, 0.1) is 6.92 Å². The van der Waals surface area contributed by atoms with Crippen molar-refractivity contribution in [3.8, 4) is 11.1 Å². The second-order valence-corrected chi connectivity index (χ2v) is 8.70. The number of pyridine rings is 1. The van der Waals surface area contributed by atoms with E-state index in [0.29, 0.717) is 18.8 Å². The van der Waals surface area contributed by atoms with Crippen molar-refractivity contribution in [3.05, 3.63) is 65.7 Å². The molecule has 0 unspecified atom stereocenters. The number of aromatic amines is 1. The number of carbonyl (C=O) groups excluding carboxylic acids is 1. The first-order valence-corrected chi connectivity index (χ1v) is 10.9. The molecule has 9 heteroatoms. The van der Waals surface area contributed by atoms with E-state index >= 15 is 0 Å². The molecule has 0 saturated carbocycles. The topological polar surface area (TPSA) is 112 Å². The minimum absolute atomic E-state index is 0.189. The molecule has 1 aromatic carbocycles. The van der Waals surface area contributed by atoms with Crippen molar-refractivity contribution in [2.24, 2.45) is 0 Å². The van der Waals surface area contributed by atoms with Gasteiger partial charge in [0.05, 0.1) is 24.0 Å². The number of H-pyrrole nitrogens is 1. The highest BCUT2D eigenvalue weighted by atomic mass is 16.6. The summed E-state index contributed by atoms with van der Waals surface area (Å²) in [6.07, 6.45) is 4.76. The average Bonchev–Trinajstić information content (AvgIpc) is 3.44. The fourth-order valence-electron chi connectivity index (χ4n) is 4.59. The molecule has 0 radical (unpaired) electrons. The lowest BCUT2D eigenvalue weighted by molar-refractivity contribution is -0.00121. The van der Waals surface area contributed by atoms with Gasteiger partial charge in [-0.1, -0.05) is 6.07 Å². The molecule has 2 N–H and O–H groups in total. The van der Waals surface area contributed by atoms with Gasteiger partial charge in [0.2, 0.25) is 0 Å². The number of rotatable bonds is 5. The number of nitrogens with zero attached hydrogens (tertiary/aromatic N) is 4. The Morgan fingerprint density at radius 3 is 2.61 bits per heavy atom. The molecule has 33 heavy (non-hydrogen) atoms. The third-order valence-corrected chi connectivity index (χ3v) is 6.46. The van der Waals surface area contributed by atoms with Crippen molar-refractivity contribution in [2.75, 3.05) is 24.5 Å². The zero-order valence-corrected chi connectivity index (χ0v) is 18.3. The van der Waals surface area contributed by atoms with Crippen LogP contribution in [-0.4, -0.2) is 62.5 Å². The van der Waals surface area contributed by atoms with Crippen LogP contribution in [0.5, 0.6) is 0 Å². The number of carboxylic acids is 1. The number of ether oxygens (including phenoxy) is 1. The summed E-state index contributed by atoms with van der Waals surface area (Å²) in [4.78, 5) is 32.4. The Hall–Kier alpha value is -3.72. The van der Waals surface area contributed by atoms with E-state index in [4.69, 9.17) is 14.8 Å². The first kappa shape index (κ1) is 21.1. The minimum Gasteiger partial charge on any atom is -0.478 e. The van der Waals surface area contributed by atoms with Crippen molar-refractivity contribution in [1.82, 2.24) is 20.1 Å². The monoisotopic (exact) mass is 447 g/mol. The van der Waals surface area contributed by atoms with Crippen molar-refractivity contribution >= 4 is 17.7 Å². The van der Waals surface area contributed by atoms with E-state index < -0.39 is 11.6 Å². The fourth-order valence-corrected chi connectivity index (χ4v) is 4.59.